The third kappa shape index (κ3) is 3.19. The van der Waals surface area contributed by atoms with Gasteiger partial charge in [0, 0.05) is 9.75 Å². The van der Waals surface area contributed by atoms with Crippen molar-refractivity contribution >= 4 is 28.7 Å². The molecule has 3 N–H and O–H groups in total. The van der Waals surface area contributed by atoms with Crippen LogP contribution in [0.3, 0.4) is 0 Å². The van der Waals surface area contributed by atoms with Crippen LogP contribution in [-0.2, 0) is 0 Å². The van der Waals surface area contributed by atoms with Crippen LogP contribution in [0.25, 0.3) is 0 Å². The Kier molecular flexibility index (Phi) is 3.66. The third-order valence-electron chi connectivity index (χ3n) is 2.59. The van der Waals surface area contributed by atoms with E-state index >= 15 is 0 Å². The molecule has 1 atom stereocenters. The van der Waals surface area contributed by atoms with Crippen LogP contribution < -0.4 is 11.1 Å². The minimum atomic E-state index is -0.483. The molecule has 0 spiro atoms. The van der Waals surface area contributed by atoms with Gasteiger partial charge in [0.15, 0.2) is 0 Å². The summed E-state index contributed by atoms with van der Waals surface area (Å²) in [4.78, 5) is 16.7. The van der Waals surface area contributed by atoms with Crippen LogP contribution in [0.4, 0.5) is 17.3 Å². The van der Waals surface area contributed by atoms with Crippen LogP contribution in [0.15, 0.2) is 24.3 Å². The van der Waals surface area contributed by atoms with E-state index in [4.69, 9.17) is 5.73 Å². The molecule has 2 aromatic rings. The first-order valence-electron chi connectivity index (χ1n) is 5.70. The highest BCUT2D eigenvalue weighted by Gasteiger charge is 2.13. The minimum Gasteiger partial charge on any atom is -0.383 e. The van der Waals surface area contributed by atoms with E-state index in [-0.39, 0.29) is 17.5 Å². The number of thiophene rings is 1. The van der Waals surface area contributed by atoms with Gasteiger partial charge in [-0.3, -0.25) is 10.1 Å². The van der Waals surface area contributed by atoms with Gasteiger partial charge >= 0.3 is 0 Å². The molecule has 2 rings (SSSR count). The summed E-state index contributed by atoms with van der Waals surface area (Å²) < 4.78 is 0. The first kappa shape index (κ1) is 13.3. The molecule has 6 nitrogen and oxygen atoms in total. The molecule has 100 valence electrons. The van der Waals surface area contributed by atoms with Gasteiger partial charge < -0.3 is 11.1 Å². The summed E-state index contributed by atoms with van der Waals surface area (Å²) in [5.74, 6) is 0.538. The number of nitrogens with one attached hydrogen (secondary N) is 1. The van der Waals surface area contributed by atoms with Gasteiger partial charge in [-0.15, -0.1) is 11.3 Å². The second-order valence-corrected chi connectivity index (χ2v) is 5.53. The third-order valence-corrected chi connectivity index (χ3v) is 3.78. The quantitative estimate of drug-likeness (QED) is 0.662. The number of pyridine rings is 1. The number of hydrogen-bond donors (Lipinski definition) is 2. The molecule has 0 saturated heterocycles. The van der Waals surface area contributed by atoms with E-state index in [0.29, 0.717) is 5.82 Å². The SMILES string of the molecule is Cc1ccc(C(C)Nc2cc([N+](=O)[O-])cc(N)n2)s1. The zero-order valence-corrected chi connectivity index (χ0v) is 11.4. The fourth-order valence-corrected chi connectivity index (χ4v) is 2.57. The number of hydrogen-bond acceptors (Lipinski definition) is 6. The number of aromatic nitrogens is 1. The predicted molar refractivity (Wildman–Crippen MR) is 76.4 cm³/mol. The Labute approximate surface area is 114 Å². The second-order valence-electron chi connectivity index (χ2n) is 4.21. The van der Waals surface area contributed by atoms with Crippen LogP contribution in [0, 0.1) is 17.0 Å². The fraction of sp³-hybridized carbons (Fsp3) is 0.250. The normalized spacial score (nSPS) is 12.1. The average molecular weight is 278 g/mol. The lowest BCUT2D eigenvalue weighted by molar-refractivity contribution is -0.384. The minimum absolute atomic E-state index is 0.0209. The second kappa shape index (κ2) is 5.23. The fourth-order valence-electron chi connectivity index (χ4n) is 1.70. The number of aryl methyl sites for hydroxylation is 1. The maximum Gasteiger partial charge on any atom is 0.276 e. The number of nitro groups is 1. The van der Waals surface area contributed by atoms with Crippen LogP contribution in [0.1, 0.15) is 22.7 Å². The summed E-state index contributed by atoms with van der Waals surface area (Å²) in [5.41, 5.74) is 5.50. The molecule has 2 aromatic heterocycles. The molecule has 0 bridgehead atoms. The number of anilines is 2. The molecule has 0 fully saturated rings. The van der Waals surface area contributed by atoms with Gasteiger partial charge in [-0.25, -0.2) is 4.98 Å². The highest BCUT2D eigenvalue weighted by molar-refractivity contribution is 7.12. The molecule has 0 amide bonds. The Morgan fingerprint density at radius 2 is 2.21 bits per heavy atom. The van der Waals surface area contributed by atoms with Crippen LogP contribution in [-0.4, -0.2) is 9.91 Å². The largest absolute Gasteiger partial charge is 0.383 e. The summed E-state index contributed by atoms with van der Waals surface area (Å²) >= 11 is 1.67. The van der Waals surface area contributed by atoms with E-state index in [9.17, 15) is 10.1 Å². The first-order chi connectivity index (χ1) is 8.95. The summed E-state index contributed by atoms with van der Waals surface area (Å²) in [6.07, 6.45) is 0. The van der Waals surface area contributed by atoms with Crippen molar-refractivity contribution in [1.82, 2.24) is 4.98 Å². The van der Waals surface area contributed by atoms with E-state index in [1.54, 1.807) is 11.3 Å². The van der Waals surface area contributed by atoms with Gasteiger partial charge in [0.2, 0.25) is 0 Å². The molecular weight excluding hydrogens is 264 g/mol. The van der Waals surface area contributed by atoms with Crippen LogP contribution >= 0.6 is 11.3 Å². The smallest absolute Gasteiger partial charge is 0.276 e. The van der Waals surface area contributed by atoms with Gasteiger partial charge in [-0.1, -0.05) is 0 Å². The Morgan fingerprint density at radius 3 is 2.79 bits per heavy atom. The predicted octanol–water partition coefficient (Wildman–Crippen LogP) is 3.12. The number of nitrogens with zero attached hydrogens (tertiary/aromatic N) is 2. The zero-order valence-electron chi connectivity index (χ0n) is 10.6. The van der Waals surface area contributed by atoms with Crippen molar-refractivity contribution in [3.63, 3.8) is 0 Å². The van der Waals surface area contributed by atoms with Gasteiger partial charge in [0.25, 0.3) is 5.69 Å². The van der Waals surface area contributed by atoms with Crippen molar-refractivity contribution in [2.45, 2.75) is 19.9 Å². The molecule has 0 aliphatic carbocycles. The van der Waals surface area contributed by atoms with Crippen LogP contribution in [0.5, 0.6) is 0 Å². The topological polar surface area (TPSA) is 94.1 Å². The first-order valence-corrected chi connectivity index (χ1v) is 6.52. The monoisotopic (exact) mass is 278 g/mol. The van der Waals surface area contributed by atoms with Crippen molar-refractivity contribution in [1.29, 1.82) is 0 Å². The molecule has 2 heterocycles. The van der Waals surface area contributed by atoms with Crippen molar-refractivity contribution in [3.8, 4) is 0 Å². The highest BCUT2D eigenvalue weighted by atomic mass is 32.1. The lowest BCUT2D eigenvalue weighted by Crippen LogP contribution is -2.08. The Hall–Kier alpha value is -2.15. The molecule has 0 saturated carbocycles. The molecular formula is C12H14N4O2S. The molecule has 7 heteroatoms. The van der Waals surface area contributed by atoms with Crippen LogP contribution in [0.2, 0.25) is 0 Å². The van der Waals surface area contributed by atoms with Crippen molar-refractivity contribution in [2.24, 2.45) is 0 Å². The molecule has 19 heavy (non-hydrogen) atoms. The summed E-state index contributed by atoms with van der Waals surface area (Å²) in [7, 11) is 0. The molecule has 0 aromatic carbocycles. The van der Waals surface area contributed by atoms with Crippen molar-refractivity contribution < 1.29 is 4.92 Å². The number of nitrogen functional groups attached to an aromatic ring is 1. The molecule has 1 unspecified atom stereocenters. The molecule has 0 aliphatic rings. The lowest BCUT2D eigenvalue weighted by Gasteiger charge is -2.13. The lowest BCUT2D eigenvalue weighted by atomic mass is 10.2. The van der Waals surface area contributed by atoms with E-state index in [1.165, 1.54) is 17.0 Å². The summed E-state index contributed by atoms with van der Waals surface area (Å²) in [6, 6.07) is 6.71. The van der Waals surface area contributed by atoms with Gasteiger partial charge in [0.1, 0.15) is 11.6 Å². The van der Waals surface area contributed by atoms with Crippen molar-refractivity contribution in [3.05, 3.63) is 44.1 Å². The Bertz CT molecular complexity index is 612. The van der Waals surface area contributed by atoms with E-state index in [0.717, 1.165) is 4.88 Å². The molecule has 0 radical (unpaired) electrons. The van der Waals surface area contributed by atoms with E-state index < -0.39 is 4.92 Å². The molecule has 0 aliphatic heterocycles. The van der Waals surface area contributed by atoms with Crippen molar-refractivity contribution in [2.75, 3.05) is 11.1 Å². The zero-order chi connectivity index (χ0) is 14.0. The Morgan fingerprint density at radius 1 is 1.47 bits per heavy atom. The Balaban J connectivity index is 2.21. The van der Waals surface area contributed by atoms with E-state index in [2.05, 4.69) is 10.3 Å². The average Bonchev–Trinajstić information content (AvgIpc) is 2.75. The summed E-state index contributed by atoms with van der Waals surface area (Å²) in [6.45, 7) is 4.01. The highest BCUT2D eigenvalue weighted by Crippen LogP contribution is 2.27. The summed E-state index contributed by atoms with van der Waals surface area (Å²) in [5, 5.41) is 13.9. The van der Waals surface area contributed by atoms with Gasteiger partial charge in [0.05, 0.1) is 23.1 Å². The van der Waals surface area contributed by atoms with E-state index in [1.807, 2.05) is 26.0 Å². The maximum atomic E-state index is 10.8. The standard InChI is InChI=1S/C12H14N4O2S/c1-7-3-4-10(19-7)8(2)14-12-6-9(16(17)18)5-11(13)15-12/h3-6,8H,1-2H3,(H3,13,14,15). The maximum absolute atomic E-state index is 10.8. The van der Waals surface area contributed by atoms with Gasteiger partial charge in [-0.05, 0) is 26.0 Å². The number of nitrogens with two attached hydrogens (primary N) is 1. The van der Waals surface area contributed by atoms with Gasteiger partial charge in [-0.2, -0.15) is 0 Å². The number of rotatable bonds is 4.